The summed E-state index contributed by atoms with van der Waals surface area (Å²) in [5, 5.41) is 10.9. The Labute approximate surface area is 225 Å². The van der Waals surface area contributed by atoms with E-state index in [1.807, 2.05) is 48.5 Å². The van der Waals surface area contributed by atoms with Crippen LogP contribution in [0.1, 0.15) is 48.0 Å². The Bertz CT molecular complexity index is 1320. The van der Waals surface area contributed by atoms with Crippen LogP contribution >= 0.6 is 0 Å². The fourth-order valence-electron chi connectivity index (χ4n) is 5.21. The van der Waals surface area contributed by atoms with Crippen molar-refractivity contribution in [2.75, 3.05) is 13.6 Å². The largest absolute Gasteiger partial charge is 0.378 e. The van der Waals surface area contributed by atoms with Crippen molar-refractivity contribution >= 4 is 17.7 Å². The zero-order valence-electron chi connectivity index (χ0n) is 21.7. The molecule has 0 saturated carbocycles. The number of nitrogens with two attached hydrogens (primary N) is 1. The summed E-state index contributed by atoms with van der Waals surface area (Å²) in [4.78, 5) is 43.4. The van der Waals surface area contributed by atoms with Gasteiger partial charge in [0.25, 0.3) is 5.91 Å². The highest BCUT2D eigenvalue weighted by Gasteiger charge is 2.47. The number of likely N-dealkylation sites (tertiary alicyclic amines) is 1. The molecule has 3 aromatic carbocycles. The van der Waals surface area contributed by atoms with E-state index in [2.05, 4.69) is 0 Å². The highest BCUT2D eigenvalue weighted by molar-refractivity contribution is 6.04. The normalized spacial score (nSPS) is 21.1. The first kappa shape index (κ1) is 28.1. The number of hydrogen-bond donors (Lipinski definition) is 2. The van der Waals surface area contributed by atoms with Crippen LogP contribution in [0.15, 0.2) is 78.9 Å². The number of hydrogen-bond acceptors (Lipinski definition) is 5. The van der Waals surface area contributed by atoms with E-state index in [0.717, 1.165) is 17.7 Å². The van der Waals surface area contributed by atoms with E-state index in [4.69, 9.17) is 5.73 Å². The topological polar surface area (TPSA) is 104 Å². The monoisotopic (exact) mass is 535 g/mol. The molecule has 3 amide bonds. The third-order valence-corrected chi connectivity index (χ3v) is 7.12. The Balaban J connectivity index is 1.85. The molecule has 0 unspecified atom stereocenters. The fraction of sp³-hybridized carbons (Fsp3) is 0.300. The molecule has 1 heterocycles. The maximum atomic E-state index is 14.0. The zero-order chi connectivity index (χ0) is 28.3. The highest BCUT2D eigenvalue weighted by Crippen LogP contribution is 2.39. The number of amides is 3. The minimum Gasteiger partial charge on any atom is -0.378 e. The summed E-state index contributed by atoms with van der Waals surface area (Å²) in [5.74, 6) is -5.37. The van der Waals surface area contributed by atoms with Crippen LogP contribution in [0.25, 0.3) is 0 Å². The Morgan fingerprint density at radius 3 is 2.03 bits per heavy atom. The number of aliphatic hydroxyl groups is 1. The molecule has 1 aliphatic rings. The Morgan fingerprint density at radius 1 is 0.949 bits per heavy atom. The summed E-state index contributed by atoms with van der Waals surface area (Å²) in [7, 11) is 1.59. The molecule has 0 bridgehead atoms. The molecule has 0 aromatic heterocycles. The third kappa shape index (κ3) is 6.05. The van der Waals surface area contributed by atoms with Crippen LogP contribution in [0.3, 0.4) is 0 Å². The molecular weight excluding hydrogens is 504 g/mol. The minimum absolute atomic E-state index is 0.125. The van der Waals surface area contributed by atoms with Crippen molar-refractivity contribution in [3.05, 3.63) is 107 Å². The average molecular weight is 536 g/mol. The fourth-order valence-corrected chi connectivity index (χ4v) is 5.21. The van der Waals surface area contributed by atoms with Crippen molar-refractivity contribution in [2.45, 2.75) is 43.4 Å². The second kappa shape index (κ2) is 11.8. The molecule has 3 aromatic rings. The van der Waals surface area contributed by atoms with Crippen molar-refractivity contribution in [2.24, 2.45) is 5.73 Å². The number of rotatable bonds is 6. The predicted octanol–water partition coefficient (Wildman–Crippen LogP) is 3.50. The standard InChI is InChI=1S/C30H31F2N3O4/c1-18(33)28(37)35(30(39)27(36)21-13-23(31)16-24(32)14-21)26-25(20-11-7-4-8-12-20)15-22(17-34(2)29(26)38)19-9-5-3-6-10-19/h3-14,16,18,22,25-27,36H,15,17,33H2,1-2H3/t18-,22+,25-,26-,27+/m0/s1. The van der Waals surface area contributed by atoms with Crippen molar-refractivity contribution < 1.29 is 28.3 Å². The maximum absolute atomic E-state index is 14.0. The van der Waals surface area contributed by atoms with Gasteiger partial charge in [0.15, 0.2) is 6.10 Å². The van der Waals surface area contributed by atoms with Crippen LogP contribution in [0.2, 0.25) is 0 Å². The first-order valence-corrected chi connectivity index (χ1v) is 12.7. The average Bonchev–Trinajstić information content (AvgIpc) is 3.05. The van der Waals surface area contributed by atoms with Gasteiger partial charge in [0, 0.05) is 31.5 Å². The molecule has 204 valence electrons. The Morgan fingerprint density at radius 2 is 1.49 bits per heavy atom. The van der Waals surface area contributed by atoms with E-state index in [-0.39, 0.29) is 11.5 Å². The summed E-state index contributed by atoms with van der Waals surface area (Å²) in [6, 6.07) is 18.3. The van der Waals surface area contributed by atoms with E-state index in [1.54, 1.807) is 19.2 Å². The van der Waals surface area contributed by atoms with Gasteiger partial charge in [0.2, 0.25) is 11.8 Å². The smallest absolute Gasteiger partial charge is 0.263 e. The predicted molar refractivity (Wildman–Crippen MR) is 141 cm³/mol. The van der Waals surface area contributed by atoms with E-state index < -0.39 is 53.5 Å². The van der Waals surface area contributed by atoms with Crippen LogP contribution < -0.4 is 5.73 Å². The summed E-state index contributed by atoms with van der Waals surface area (Å²) in [6.45, 7) is 1.70. The van der Waals surface area contributed by atoms with Crippen molar-refractivity contribution in [1.82, 2.24) is 9.80 Å². The highest BCUT2D eigenvalue weighted by atomic mass is 19.1. The Hall–Kier alpha value is -3.95. The van der Waals surface area contributed by atoms with Gasteiger partial charge in [-0.3, -0.25) is 19.3 Å². The van der Waals surface area contributed by atoms with Gasteiger partial charge in [-0.2, -0.15) is 0 Å². The van der Waals surface area contributed by atoms with Crippen LogP contribution in [-0.4, -0.2) is 58.3 Å². The van der Waals surface area contributed by atoms with E-state index >= 15 is 0 Å². The second-order valence-electron chi connectivity index (χ2n) is 9.96. The molecule has 3 N–H and O–H groups in total. The van der Waals surface area contributed by atoms with Crippen molar-refractivity contribution in [1.29, 1.82) is 0 Å². The van der Waals surface area contributed by atoms with E-state index in [1.165, 1.54) is 11.8 Å². The lowest BCUT2D eigenvalue weighted by Crippen LogP contribution is -2.58. The molecule has 39 heavy (non-hydrogen) atoms. The number of carbonyl (C=O) groups is 3. The van der Waals surface area contributed by atoms with Crippen molar-refractivity contribution in [3.8, 4) is 0 Å². The first-order chi connectivity index (χ1) is 18.6. The number of halogens is 2. The van der Waals surface area contributed by atoms with Gasteiger partial charge < -0.3 is 15.7 Å². The molecule has 4 rings (SSSR count). The maximum Gasteiger partial charge on any atom is 0.263 e. The molecule has 9 heteroatoms. The summed E-state index contributed by atoms with van der Waals surface area (Å²) in [5.41, 5.74) is 7.25. The number of nitrogens with zero attached hydrogens (tertiary/aromatic N) is 2. The molecule has 0 spiro atoms. The van der Waals surface area contributed by atoms with Gasteiger partial charge >= 0.3 is 0 Å². The number of benzene rings is 3. The lowest BCUT2D eigenvalue weighted by atomic mass is 9.81. The number of imide groups is 1. The summed E-state index contributed by atoms with van der Waals surface area (Å²) >= 11 is 0. The zero-order valence-corrected chi connectivity index (χ0v) is 21.7. The van der Waals surface area contributed by atoms with Crippen LogP contribution in [-0.2, 0) is 14.4 Å². The van der Waals surface area contributed by atoms with E-state index in [9.17, 15) is 28.3 Å². The lowest BCUT2D eigenvalue weighted by molar-refractivity contribution is -0.160. The van der Waals surface area contributed by atoms with Crippen molar-refractivity contribution in [3.63, 3.8) is 0 Å². The van der Waals surface area contributed by atoms with Gasteiger partial charge in [0.05, 0.1) is 6.04 Å². The molecule has 7 nitrogen and oxygen atoms in total. The first-order valence-electron chi connectivity index (χ1n) is 12.7. The number of carbonyl (C=O) groups excluding carboxylic acids is 3. The van der Waals surface area contributed by atoms with Crippen LogP contribution in [0, 0.1) is 11.6 Å². The quantitative estimate of drug-likeness (QED) is 0.503. The SMILES string of the molecule is C[C@H](N)C(=O)N(C(=O)[C@H](O)c1cc(F)cc(F)c1)[C@@H]1C(=O)N(C)C[C@H](c2ccccc2)C[C@H]1c1ccccc1. The van der Waals surface area contributed by atoms with Gasteiger partial charge in [-0.1, -0.05) is 60.7 Å². The third-order valence-electron chi connectivity index (χ3n) is 7.12. The van der Waals surface area contributed by atoms with Gasteiger partial charge in [-0.15, -0.1) is 0 Å². The van der Waals surface area contributed by atoms with Gasteiger partial charge in [-0.25, -0.2) is 8.78 Å². The Kier molecular flexibility index (Phi) is 8.52. The van der Waals surface area contributed by atoms with Gasteiger partial charge in [0.1, 0.15) is 17.7 Å². The van der Waals surface area contributed by atoms with Gasteiger partial charge in [-0.05, 0) is 42.2 Å². The lowest BCUT2D eigenvalue weighted by Gasteiger charge is -2.37. The molecule has 1 saturated heterocycles. The number of aliphatic hydroxyl groups excluding tert-OH is 1. The van der Waals surface area contributed by atoms with Crippen LogP contribution in [0.4, 0.5) is 8.78 Å². The molecule has 1 fully saturated rings. The molecule has 0 radical (unpaired) electrons. The molecule has 0 aliphatic carbocycles. The molecule has 5 atom stereocenters. The second-order valence-corrected chi connectivity index (χ2v) is 9.96. The number of likely N-dealkylation sites (N-methyl/N-ethyl adjacent to an activating group) is 1. The van der Waals surface area contributed by atoms with E-state index in [0.29, 0.717) is 29.5 Å². The molecular formula is C30H31F2N3O4. The summed E-state index contributed by atoms with van der Waals surface area (Å²) in [6.07, 6.45) is -1.71. The molecule has 1 aliphatic heterocycles. The summed E-state index contributed by atoms with van der Waals surface area (Å²) < 4.78 is 27.9. The minimum atomic E-state index is -2.11. The van der Waals surface area contributed by atoms with Crippen LogP contribution in [0.5, 0.6) is 0 Å².